The number of nitrogens with zero attached hydrogens (tertiary/aromatic N) is 2. The van der Waals surface area contributed by atoms with Gasteiger partial charge in [-0.3, -0.25) is 0 Å². The van der Waals surface area contributed by atoms with Gasteiger partial charge in [0, 0.05) is 17.0 Å². The third-order valence-corrected chi connectivity index (χ3v) is 3.48. The van der Waals surface area contributed by atoms with E-state index in [0.717, 1.165) is 6.42 Å². The molecule has 1 heterocycles. The molecule has 0 fully saturated rings. The Balaban J connectivity index is 1.98. The summed E-state index contributed by atoms with van der Waals surface area (Å²) in [6, 6.07) is 4.30. The topological polar surface area (TPSA) is 64.9 Å². The molecule has 1 aromatic carbocycles. The predicted octanol–water partition coefficient (Wildman–Crippen LogP) is 3.28. The highest BCUT2D eigenvalue weighted by Gasteiger charge is 2.10. The van der Waals surface area contributed by atoms with E-state index in [1.807, 2.05) is 0 Å². The monoisotopic (exact) mass is 281 g/mol. The lowest BCUT2D eigenvalue weighted by atomic mass is 10.1. The van der Waals surface area contributed by atoms with Crippen LogP contribution in [0.5, 0.6) is 0 Å². The summed E-state index contributed by atoms with van der Waals surface area (Å²) in [5.41, 5.74) is 6.32. The molecule has 2 N–H and O–H groups in total. The highest BCUT2D eigenvalue weighted by Crippen LogP contribution is 2.28. The maximum Gasteiger partial charge on any atom is 0.237 e. The van der Waals surface area contributed by atoms with Crippen molar-refractivity contribution in [2.45, 2.75) is 30.9 Å². The Hall–Kier alpha value is -1.56. The van der Waals surface area contributed by atoms with Gasteiger partial charge in [0.1, 0.15) is 5.82 Å². The second-order valence-electron chi connectivity index (χ2n) is 4.67. The molecule has 4 nitrogen and oxygen atoms in total. The molecule has 19 heavy (non-hydrogen) atoms. The molecule has 1 aromatic heterocycles. The van der Waals surface area contributed by atoms with Gasteiger partial charge in [-0.1, -0.05) is 19.0 Å². The van der Waals surface area contributed by atoms with Gasteiger partial charge in [-0.15, -0.1) is 11.8 Å². The molecule has 0 aliphatic carbocycles. The van der Waals surface area contributed by atoms with Gasteiger partial charge in [0.15, 0.2) is 5.82 Å². The van der Waals surface area contributed by atoms with Crippen LogP contribution in [0.3, 0.4) is 0 Å². The normalized spacial score (nSPS) is 11.2. The van der Waals surface area contributed by atoms with Gasteiger partial charge in [-0.25, -0.2) is 4.39 Å². The quantitative estimate of drug-likeness (QED) is 0.673. The lowest BCUT2D eigenvalue weighted by Crippen LogP contribution is -1.96. The molecule has 0 saturated heterocycles. The molecular weight excluding hydrogens is 265 g/mol. The van der Waals surface area contributed by atoms with E-state index in [0.29, 0.717) is 34.0 Å². The van der Waals surface area contributed by atoms with Crippen molar-refractivity contribution >= 4 is 17.4 Å². The lowest BCUT2D eigenvalue weighted by molar-refractivity contribution is 0.382. The van der Waals surface area contributed by atoms with Crippen molar-refractivity contribution in [2.75, 3.05) is 5.73 Å². The van der Waals surface area contributed by atoms with Crippen LogP contribution in [0, 0.1) is 11.7 Å². The minimum atomic E-state index is -0.303. The Bertz CT molecular complexity index is 557. The summed E-state index contributed by atoms with van der Waals surface area (Å²) < 4.78 is 18.2. The number of nitrogen functional groups attached to an aromatic ring is 1. The Labute approximate surface area is 115 Å². The molecule has 0 bridgehead atoms. The highest BCUT2D eigenvalue weighted by atomic mass is 32.2. The number of aromatic nitrogens is 2. The maximum atomic E-state index is 13.1. The van der Waals surface area contributed by atoms with Crippen LogP contribution in [0.25, 0.3) is 0 Å². The van der Waals surface area contributed by atoms with Crippen molar-refractivity contribution in [2.24, 2.45) is 5.92 Å². The van der Waals surface area contributed by atoms with Crippen LogP contribution in [-0.4, -0.2) is 10.1 Å². The number of nitrogens with two attached hydrogens (primary N) is 1. The van der Waals surface area contributed by atoms with Crippen molar-refractivity contribution in [1.29, 1.82) is 0 Å². The third-order valence-electron chi connectivity index (χ3n) is 2.43. The van der Waals surface area contributed by atoms with Gasteiger partial charge in [0.05, 0.1) is 5.75 Å². The molecule has 0 unspecified atom stereocenters. The van der Waals surface area contributed by atoms with E-state index in [4.69, 9.17) is 10.3 Å². The van der Waals surface area contributed by atoms with Crippen LogP contribution in [0.4, 0.5) is 10.1 Å². The SMILES string of the molecule is CC(C)Cc1noc(CSc2cc(F)ccc2N)n1. The summed E-state index contributed by atoms with van der Waals surface area (Å²) in [4.78, 5) is 4.97. The van der Waals surface area contributed by atoms with Crippen LogP contribution < -0.4 is 5.73 Å². The standard InChI is InChI=1S/C13H16FN3OS/c1-8(2)5-12-16-13(18-17-12)7-19-11-6-9(14)3-4-10(11)15/h3-4,6,8H,5,7,15H2,1-2H3. The average molecular weight is 281 g/mol. The first-order valence-corrected chi connectivity index (χ1v) is 7.02. The number of rotatable bonds is 5. The summed E-state index contributed by atoms with van der Waals surface area (Å²) in [6.07, 6.45) is 0.788. The summed E-state index contributed by atoms with van der Waals surface area (Å²) in [6.45, 7) is 4.19. The zero-order chi connectivity index (χ0) is 13.8. The fraction of sp³-hybridized carbons (Fsp3) is 0.385. The molecule has 0 amide bonds. The molecule has 2 aromatic rings. The van der Waals surface area contributed by atoms with Gasteiger partial charge < -0.3 is 10.3 Å². The Morgan fingerprint density at radius 1 is 1.42 bits per heavy atom. The smallest absolute Gasteiger partial charge is 0.237 e. The number of hydrogen-bond donors (Lipinski definition) is 1. The first-order valence-electron chi connectivity index (χ1n) is 6.04. The Morgan fingerprint density at radius 2 is 2.21 bits per heavy atom. The first kappa shape index (κ1) is 13.9. The Kier molecular flexibility index (Phi) is 4.42. The van der Waals surface area contributed by atoms with E-state index in [1.54, 1.807) is 6.07 Å². The van der Waals surface area contributed by atoms with Gasteiger partial charge in [-0.05, 0) is 24.1 Å². The zero-order valence-electron chi connectivity index (χ0n) is 10.9. The van der Waals surface area contributed by atoms with Crippen molar-refractivity contribution in [3.8, 4) is 0 Å². The van der Waals surface area contributed by atoms with Crippen LogP contribution >= 0.6 is 11.8 Å². The van der Waals surface area contributed by atoms with Crippen LogP contribution in [0.15, 0.2) is 27.6 Å². The largest absolute Gasteiger partial charge is 0.398 e. The molecule has 0 aliphatic heterocycles. The van der Waals surface area contributed by atoms with Crippen molar-refractivity contribution in [3.63, 3.8) is 0 Å². The summed E-state index contributed by atoms with van der Waals surface area (Å²) in [7, 11) is 0. The van der Waals surface area contributed by atoms with Crippen molar-refractivity contribution < 1.29 is 8.91 Å². The third kappa shape index (κ3) is 3.96. The molecule has 0 saturated carbocycles. The second kappa shape index (κ2) is 6.06. The number of benzene rings is 1. The van der Waals surface area contributed by atoms with Gasteiger partial charge in [-0.2, -0.15) is 4.98 Å². The van der Waals surface area contributed by atoms with E-state index in [-0.39, 0.29) is 5.82 Å². The summed E-state index contributed by atoms with van der Waals surface area (Å²) >= 11 is 1.39. The zero-order valence-corrected chi connectivity index (χ0v) is 11.7. The van der Waals surface area contributed by atoms with E-state index in [9.17, 15) is 4.39 Å². The summed E-state index contributed by atoms with van der Waals surface area (Å²) in [5.74, 6) is 1.90. The number of thioether (sulfide) groups is 1. The van der Waals surface area contributed by atoms with E-state index < -0.39 is 0 Å². The van der Waals surface area contributed by atoms with E-state index >= 15 is 0 Å². The highest BCUT2D eigenvalue weighted by molar-refractivity contribution is 7.98. The molecule has 0 radical (unpaired) electrons. The number of hydrogen-bond acceptors (Lipinski definition) is 5. The number of anilines is 1. The van der Waals surface area contributed by atoms with Crippen molar-refractivity contribution in [1.82, 2.24) is 10.1 Å². The van der Waals surface area contributed by atoms with E-state index in [2.05, 4.69) is 24.0 Å². The fourth-order valence-corrected chi connectivity index (χ4v) is 2.40. The Morgan fingerprint density at radius 3 is 2.95 bits per heavy atom. The maximum absolute atomic E-state index is 13.1. The fourth-order valence-electron chi connectivity index (χ4n) is 1.57. The van der Waals surface area contributed by atoms with E-state index in [1.165, 1.54) is 23.9 Å². The van der Waals surface area contributed by atoms with Gasteiger partial charge in [0.25, 0.3) is 0 Å². The lowest BCUT2D eigenvalue weighted by Gasteiger charge is -2.03. The molecule has 0 aliphatic rings. The minimum Gasteiger partial charge on any atom is -0.398 e. The molecule has 6 heteroatoms. The number of halogens is 1. The van der Waals surface area contributed by atoms with Crippen LogP contribution in [0.2, 0.25) is 0 Å². The summed E-state index contributed by atoms with van der Waals surface area (Å²) in [5, 5.41) is 3.90. The molecule has 102 valence electrons. The second-order valence-corrected chi connectivity index (χ2v) is 5.69. The first-order chi connectivity index (χ1) is 9.04. The molecule has 2 rings (SSSR count). The molecule has 0 spiro atoms. The minimum absolute atomic E-state index is 0.303. The molecular formula is C13H16FN3OS. The average Bonchev–Trinajstić information content (AvgIpc) is 2.77. The molecule has 0 atom stereocenters. The predicted molar refractivity (Wildman–Crippen MR) is 73.2 cm³/mol. The van der Waals surface area contributed by atoms with Gasteiger partial charge in [0.2, 0.25) is 5.89 Å². The van der Waals surface area contributed by atoms with Crippen LogP contribution in [0.1, 0.15) is 25.6 Å². The van der Waals surface area contributed by atoms with Crippen molar-refractivity contribution in [3.05, 3.63) is 35.7 Å². The van der Waals surface area contributed by atoms with Gasteiger partial charge >= 0.3 is 0 Å². The van der Waals surface area contributed by atoms with Crippen LogP contribution in [-0.2, 0) is 12.2 Å².